The van der Waals surface area contributed by atoms with E-state index in [9.17, 15) is 0 Å². The summed E-state index contributed by atoms with van der Waals surface area (Å²) in [4.78, 5) is 0. The number of hydrogen-bond donors (Lipinski definition) is 2. The molecule has 1 aliphatic heterocycles. The lowest BCUT2D eigenvalue weighted by Gasteiger charge is -2.43. The zero-order valence-electron chi connectivity index (χ0n) is 25.1. The normalized spacial score (nSPS) is 21.0. The Labute approximate surface area is 241 Å². The molecule has 2 atom stereocenters. The van der Waals surface area contributed by atoms with Crippen LogP contribution in [0.15, 0.2) is 90.7 Å². The summed E-state index contributed by atoms with van der Waals surface area (Å²) in [5, 5.41) is 4.03. The maximum atomic E-state index is 6.23. The second kappa shape index (κ2) is 11.5. The van der Waals surface area contributed by atoms with Gasteiger partial charge >= 0.3 is 0 Å². The van der Waals surface area contributed by atoms with E-state index in [0.717, 1.165) is 25.0 Å². The van der Waals surface area contributed by atoms with Crippen LogP contribution >= 0.6 is 0 Å². The maximum Gasteiger partial charge on any atom is 0.0440 e. The molecular weight excluding hydrogens is 484 g/mol. The highest BCUT2D eigenvalue weighted by Gasteiger charge is 2.40. The summed E-state index contributed by atoms with van der Waals surface area (Å²) in [6.45, 7) is 14.1. The Kier molecular flexibility index (Phi) is 8.01. The van der Waals surface area contributed by atoms with E-state index in [1.54, 1.807) is 0 Å². The molecule has 0 aromatic heterocycles. The SMILES string of the molecule is CC=CC(C)(CC)C1CC=C(c2c(C)cccc2C)C2=C1N/C(=C\CN)c1c(C3=CC=CCC=C3)cc(C)cc12. The molecule has 2 aromatic rings. The Hall–Kier alpha value is -3.62. The quantitative estimate of drug-likeness (QED) is 0.367. The van der Waals surface area contributed by atoms with Gasteiger partial charge in [-0.3, -0.25) is 0 Å². The van der Waals surface area contributed by atoms with Crippen molar-refractivity contribution < 1.29 is 0 Å². The molecule has 3 N–H and O–H groups in total. The fourth-order valence-corrected chi connectivity index (χ4v) is 6.88. The minimum atomic E-state index is 0.0282. The average Bonchev–Trinajstić information content (AvgIpc) is 3.22. The Morgan fingerprint density at radius 1 is 1.05 bits per heavy atom. The van der Waals surface area contributed by atoms with Crippen LogP contribution in [0.3, 0.4) is 0 Å². The number of nitrogens with two attached hydrogens (primary N) is 1. The maximum absolute atomic E-state index is 6.23. The Bertz CT molecular complexity index is 1520. The molecule has 2 aliphatic carbocycles. The molecule has 206 valence electrons. The number of nitrogens with one attached hydrogen (secondary N) is 1. The van der Waals surface area contributed by atoms with Gasteiger partial charge < -0.3 is 11.1 Å². The molecule has 2 unspecified atom stereocenters. The third-order valence-corrected chi connectivity index (χ3v) is 9.01. The topological polar surface area (TPSA) is 38.0 Å². The molecule has 2 heteroatoms. The van der Waals surface area contributed by atoms with E-state index >= 15 is 0 Å². The first-order valence-corrected chi connectivity index (χ1v) is 14.8. The van der Waals surface area contributed by atoms with Gasteiger partial charge in [0.1, 0.15) is 0 Å². The van der Waals surface area contributed by atoms with Crippen molar-refractivity contribution in [1.82, 2.24) is 5.32 Å². The highest BCUT2D eigenvalue weighted by Crippen LogP contribution is 2.53. The second-order valence-corrected chi connectivity index (χ2v) is 11.7. The van der Waals surface area contributed by atoms with Crippen LogP contribution in [0, 0.1) is 32.1 Å². The fourth-order valence-electron chi connectivity index (χ4n) is 6.88. The van der Waals surface area contributed by atoms with Crippen molar-refractivity contribution in [1.29, 1.82) is 0 Å². The van der Waals surface area contributed by atoms with Crippen LogP contribution in [-0.2, 0) is 0 Å². The number of hydrogen-bond acceptors (Lipinski definition) is 2. The van der Waals surface area contributed by atoms with Crippen LogP contribution in [0.25, 0.3) is 22.4 Å². The average molecular weight is 529 g/mol. The molecular formula is C38H44N2. The van der Waals surface area contributed by atoms with Crippen molar-refractivity contribution in [3.63, 3.8) is 0 Å². The molecule has 5 rings (SSSR count). The number of rotatable bonds is 6. The van der Waals surface area contributed by atoms with E-state index in [1.165, 1.54) is 61.4 Å². The molecule has 0 amide bonds. The van der Waals surface area contributed by atoms with Crippen LogP contribution in [0.2, 0.25) is 0 Å². The number of allylic oxidation sites excluding steroid dienone is 12. The van der Waals surface area contributed by atoms with E-state index in [2.05, 4.69) is 132 Å². The third kappa shape index (κ3) is 4.90. The standard InChI is InChI=1S/C38H44N2/c1-7-21-38(6,8-2)32-19-18-29(34-26(4)14-13-15-27(34)5)36-31-24-25(3)23-30(28-16-11-9-10-12-17-28)35(31)33(20-22-39)40-37(32)36/h7,9,11-18,20-21,23-24,32,40H,8,10,19,22,39H2,1-6H3/b21-7?,33-20-. The van der Waals surface area contributed by atoms with Crippen molar-refractivity contribution >= 4 is 22.4 Å². The predicted molar refractivity (Wildman–Crippen MR) is 174 cm³/mol. The lowest BCUT2D eigenvalue weighted by atomic mass is 9.65. The van der Waals surface area contributed by atoms with Crippen molar-refractivity contribution in [3.8, 4) is 0 Å². The monoisotopic (exact) mass is 528 g/mol. The van der Waals surface area contributed by atoms with Crippen molar-refractivity contribution in [2.24, 2.45) is 17.1 Å². The highest BCUT2D eigenvalue weighted by molar-refractivity contribution is 6.12. The fraction of sp³-hybridized carbons (Fsp3) is 0.316. The van der Waals surface area contributed by atoms with Gasteiger partial charge in [0.15, 0.2) is 0 Å². The molecule has 2 nitrogen and oxygen atoms in total. The first-order chi connectivity index (χ1) is 19.3. The second-order valence-electron chi connectivity index (χ2n) is 11.7. The molecule has 2 aromatic carbocycles. The van der Waals surface area contributed by atoms with Crippen LogP contribution < -0.4 is 11.1 Å². The minimum absolute atomic E-state index is 0.0282. The van der Waals surface area contributed by atoms with Crippen LogP contribution in [0.4, 0.5) is 0 Å². The Morgan fingerprint density at radius 3 is 2.50 bits per heavy atom. The Balaban J connectivity index is 1.88. The smallest absolute Gasteiger partial charge is 0.0440 e. The van der Waals surface area contributed by atoms with Crippen molar-refractivity contribution in [2.45, 2.75) is 60.8 Å². The molecule has 0 fully saturated rings. The van der Waals surface area contributed by atoms with Gasteiger partial charge in [0.05, 0.1) is 0 Å². The van der Waals surface area contributed by atoms with Gasteiger partial charge in [-0.2, -0.15) is 0 Å². The number of fused-ring (bicyclic) bond motifs is 2. The summed E-state index contributed by atoms with van der Waals surface area (Å²) < 4.78 is 0. The summed E-state index contributed by atoms with van der Waals surface area (Å²) in [5.41, 5.74) is 21.7. The van der Waals surface area contributed by atoms with E-state index in [1.807, 2.05) is 0 Å². The molecule has 1 heterocycles. The van der Waals surface area contributed by atoms with Gasteiger partial charge in [-0.1, -0.05) is 92.8 Å². The van der Waals surface area contributed by atoms with Crippen LogP contribution in [-0.4, -0.2) is 6.54 Å². The molecule has 0 radical (unpaired) electrons. The zero-order valence-corrected chi connectivity index (χ0v) is 25.1. The lowest BCUT2D eigenvalue weighted by Crippen LogP contribution is -2.36. The zero-order chi connectivity index (χ0) is 28.4. The van der Waals surface area contributed by atoms with Crippen LogP contribution in [0.5, 0.6) is 0 Å². The largest absolute Gasteiger partial charge is 0.358 e. The van der Waals surface area contributed by atoms with Gasteiger partial charge in [0.25, 0.3) is 0 Å². The summed E-state index contributed by atoms with van der Waals surface area (Å²) in [5.74, 6) is 0.329. The van der Waals surface area contributed by atoms with Gasteiger partial charge in [-0.05, 0) is 103 Å². The summed E-state index contributed by atoms with van der Waals surface area (Å²) in [6.07, 6.45) is 23.5. The summed E-state index contributed by atoms with van der Waals surface area (Å²) in [7, 11) is 0. The molecule has 0 saturated carbocycles. The molecule has 0 bridgehead atoms. The number of benzene rings is 2. The van der Waals surface area contributed by atoms with Crippen LogP contribution in [0.1, 0.15) is 79.0 Å². The van der Waals surface area contributed by atoms with E-state index in [0.29, 0.717) is 12.5 Å². The first-order valence-electron chi connectivity index (χ1n) is 14.8. The van der Waals surface area contributed by atoms with E-state index in [-0.39, 0.29) is 5.41 Å². The Morgan fingerprint density at radius 2 is 1.80 bits per heavy atom. The molecule has 3 aliphatic rings. The number of aryl methyl sites for hydroxylation is 3. The highest BCUT2D eigenvalue weighted by atomic mass is 14.9. The molecule has 0 saturated heterocycles. The van der Waals surface area contributed by atoms with Crippen molar-refractivity contribution in [2.75, 3.05) is 6.54 Å². The predicted octanol–water partition coefficient (Wildman–Crippen LogP) is 9.22. The van der Waals surface area contributed by atoms with Gasteiger partial charge in [0.2, 0.25) is 0 Å². The first kappa shape index (κ1) is 27.9. The summed E-state index contributed by atoms with van der Waals surface area (Å²) >= 11 is 0. The third-order valence-electron chi connectivity index (χ3n) is 9.01. The molecule has 40 heavy (non-hydrogen) atoms. The lowest BCUT2D eigenvalue weighted by molar-refractivity contribution is 0.277. The van der Waals surface area contributed by atoms with E-state index < -0.39 is 0 Å². The van der Waals surface area contributed by atoms with Gasteiger partial charge in [-0.15, -0.1) is 0 Å². The van der Waals surface area contributed by atoms with Gasteiger partial charge in [0, 0.05) is 35.0 Å². The summed E-state index contributed by atoms with van der Waals surface area (Å²) in [6, 6.07) is 11.4. The van der Waals surface area contributed by atoms with Gasteiger partial charge in [-0.25, -0.2) is 0 Å². The van der Waals surface area contributed by atoms with Crippen molar-refractivity contribution in [3.05, 3.63) is 130 Å². The minimum Gasteiger partial charge on any atom is -0.358 e. The van der Waals surface area contributed by atoms with E-state index in [4.69, 9.17) is 5.73 Å². The molecule has 0 spiro atoms.